The lowest BCUT2D eigenvalue weighted by Crippen LogP contribution is -2.18. The summed E-state index contributed by atoms with van der Waals surface area (Å²) in [6, 6.07) is 9.22. The second kappa shape index (κ2) is 10.7. The fourth-order valence-corrected chi connectivity index (χ4v) is 5.16. The fourth-order valence-electron chi connectivity index (χ4n) is 4.13. The van der Waals surface area contributed by atoms with Crippen molar-refractivity contribution in [3.63, 3.8) is 0 Å². The molecule has 214 valence electrons. The van der Waals surface area contributed by atoms with Gasteiger partial charge in [0, 0.05) is 11.6 Å². The highest BCUT2D eigenvalue weighted by atomic mass is 35.5. The maximum Gasteiger partial charge on any atom is 0.416 e. The molecule has 0 heterocycles. The zero-order chi connectivity index (χ0) is 30.5. The van der Waals surface area contributed by atoms with Gasteiger partial charge in [-0.25, -0.2) is 4.39 Å². The minimum absolute atomic E-state index is 0.0291. The Balaban J connectivity index is 1.58. The van der Waals surface area contributed by atoms with Crippen LogP contribution in [0, 0.1) is 23.1 Å². The number of hydrogen-bond donors (Lipinski definition) is 2. The Hall–Kier alpha value is -3.53. The van der Waals surface area contributed by atoms with E-state index in [0.29, 0.717) is 12.1 Å². The highest BCUT2D eigenvalue weighted by Gasteiger charge is 2.68. The molecule has 0 unspecified atom stereocenters. The predicted molar refractivity (Wildman–Crippen MR) is 136 cm³/mol. The number of benzene rings is 3. The molecule has 2 N–H and O–H groups in total. The first-order chi connectivity index (χ1) is 18.9. The molecule has 15 heteroatoms. The second-order valence-electron chi connectivity index (χ2n) is 8.91. The summed E-state index contributed by atoms with van der Waals surface area (Å²) in [5.41, 5.74) is -4.17. The summed E-state index contributed by atoms with van der Waals surface area (Å²) in [6.07, 6.45) is -10.2. The highest BCUT2D eigenvalue weighted by molar-refractivity contribution is 6.53. The van der Waals surface area contributed by atoms with Crippen LogP contribution in [0.5, 0.6) is 0 Å². The molecule has 0 bridgehead atoms. The number of hydrogen-bond acceptors (Lipinski definition) is 3. The van der Waals surface area contributed by atoms with Crippen molar-refractivity contribution in [2.24, 2.45) is 5.92 Å². The molecule has 0 aliphatic heterocycles. The molecule has 0 aromatic heterocycles. The van der Waals surface area contributed by atoms with Gasteiger partial charge in [0.2, 0.25) is 5.91 Å². The molecule has 2 amide bonds. The van der Waals surface area contributed by atoms with Crippen LogP contribution in [-0.2, 0) is 17.1 Å². The van der Waals surface area contributed by atoms with Crippen molar-refractivity contribution < 1.29 is 40.3 Å². The van der Waals surface area contributed by atoms with E-state index in [1.165, 1.54) is 12.1 Å². The molecule has 0 saturated heterocycles. The first-order valence-electron chi connectivity index (χ1n) is 11.2. The van der Waals surface area contributed by atoms with Gasteiger partial charge in [0.1, 0.15) is 16.2 Å². The van der Waals surface area contributed by atoms with Crippen LogP contribution in [0.4, 0.5) is 42.1 Å². The number of nitrogens with one attached hydrogen (secondary N) is 2. The number of carbonyl (C=O) groups is 2. The number of nitriles is 1. The zero-order valence-electron chi connectivity index (χ0n) is 19.9. The van der Waals surface area contributed by atoms with Crippen molar-refractivity contribution in [2.45, 2.75) is 22.6 Å². The summed E-state index contributed by atoms with van der Waals surface area (Å²) < 4.78 is 91.2. The maximum absolute atomic E-state index is 13.4. The van der Waals surface area contributed by atoms with E-state index in [-0.39, 0.29) is 33.6 Å². The molecular weight excluding hydrogens is 626 g/mol. The van der Waals surface area contributed by atoms with Crippen LogP contribution >= 0.6 is 34.8 Å². The van der Waals surface area contributed by atoms with E-state index >= 15 is 0 Å². The van der Waals surface area contributed by atoms with Gasteiger partial charge in [-0.15, -0.1) is 23.2 Å². The summed E-state index contributed by atoms with van der Waals surface area (Å²) in [4.78, 5) is 25.8. The van der Waals surface area contributed by atoms with E-state index in [2.05, 4.69) is 10.6 Å². The Kier molecular flexibility index (Phi) is 7.94. The average Bonchev–Trinajstić information content (AvgIpc) is 3.46. The van der Waals surface area contributed by atoms with E-state index in [1.54, 1.807) is 6.07 Å². The summed E-state index contributed by atoms with van der Waals surface area (Å²) in [5, 5.41) is 13.8. The van der Waals surface area contributed by atoms with Crippen LogP contribution in [0.2, 0.25) is 5.02 Å². The highest BCUT2D eigenvalue weighted by Crippen LogP contribution is 2.65. The third kappa shape index (κ3) is 6.37. The molecular formula is C26H13Cl3F7N3O2. The molecule has 1 saturated carbocycles. The number of halogens is 10. The molecule has 1 aliphatic rings. The van der Waals surface area contributed by atoms with Crippen LogP contribution in [-0.4, -0.2) is 16.1 Å². The Morgan fingerprint density at radius 2 is 1.49 bits per heavy atom. The minimum Gasteiger partial charge on any atom is -0.326 e. The van der Waals surface area contributed by atoms with Crippen LogP contribution in [0.3, 0.4) is 0 Å². The smallest absolute Gasteiger partial charge is 0.326 e. The quantitative estimate of drug-likeness (QED) is 0.219. The predicted octanol–water partition coefficient (Wildman–Crippen LogP) is 8.17. The lowest BCUT2D eigenvalue weighted by atomic mass is 10.0. The zero-order valence-corrected chi connectivity index (χ0v) is 22.2. The van der Waals surface area contributed by atoms with Crippen molar-refractivity contribution in [1.29, 1.82) is 5.26 Å². The van der Waals surface area contributed by atoms with Gasteiger partial charge in [0.05, 0.1) is 38.9 Å². The van der Waals surface area contributed by atoms with Gasteiger partial charge < -0.3 is 10.6 Å². The molecule has 5 nitrogen and oxygen atoms in total. The van der Waals surface area contributed by atoms with Crippen LogP contribution in [0.25, 0.3) is 0 Å². The summed E-state index contributed by atoms with van der Waals surface area (Å²) in [6.45, 7) is 0. The molecule has 3 aromatic rings. The van der Waals surface area contributed by atoms with Gasteiger partial charge in [-0.05, 0) is 60.2 Å². The largest absolute Gasteiger partial charge is 0.416 e. The Labute approximate surface area is 241 Å². The number of carbonyl (C=O) groups excluding carboxylic acids is 2. The lowest BCUT2D eigenvalue weighted by molar-refractivity contribution is -0.143. The third-order valence-corrected chi connectivity index (χ3v) is 7.40. The molecule has 4 rings (SSSR count). The Morgan fingerprint density at radius 1 is 0.878 bits per heavy atom. The number of rotatable bonds is 5. The fraction of sp³-hybridized carbons (Fsp3) is 0.192. The molecule has 3 aromatic carbocycles. The Bertz CT molecular complexity index is 1570. The van der Waals surface area contributed by atoms with Crippen molar-refractivity contribution in [2.75, 3.05) is 10.6 Å². The topological polar surface area (TPSA) is 82.0 Å². The van der Waals surface area contributed by atoms with Gasteiger partial charge >= 0.3 is 12.4 Å². The van der Waals surface area contributed by atoms with Gasteiger partial charge in [0.15, 0.2) is 0 Å². The molecule has 2 atom stereocenters. The van der Waals surface area contributed by atoms with Crippen LogP contribution < -0.4 is 10.6 Å². The number of alkyl halides is 8. The SMILES string of the molecule is N#Cc1cc(F)ccc1NC(=O)c1cc(NC(=O)[C@H]2[C@H](c3cc(C(F)(F)F)cc(C(F)(F)F)c3)C2(Cl)Cl)ccc1Cl. The van der Waals surface area contributed by atoms with E-state index < -0.39 is 62.8 Å². The van der Waals surface area contributed by atoms with E-state index in [1.807, 2.05) is 0 Å². The second-order valence-corrected chi connectivity index (χ2v) is 10.8. The van der Waals surface area contributed by atoms with Crippen molar-refractivity contribution in [3.8, 4) is 6.07 Å². The summed E-state index contributed by atoms with van der Waals surface area (Å²) in [7, 11) is 0. The monoisotopic (exact) mass is 637 g/mol. The van der Waals surface area contributed by atoms with Gasteiger partial charge in [0.25, 0.3) is 5.91 Å². The lowest BCUT2D eigenvalue weighted by Gasteiger charge is -2.14. The first kappa shape index (κ1) is 30.4. The van der Waals surface area contributed by atoms with E-state index in [4.69, 9.17) is 40.1 Å². The van der Waals surface area contributed by atoms with Crippen LogP contribution in [0.15, 0.2) is 54.6 Å². The molecule has 41 heavy (non-hydrogen) atoms. The third-order valence-electron chi connectivity index (χ3n) is 6.13. The minimum atomic E-state index is -5.12. The number of amides is 2. The normalized spacial score (nSPS) is 17.9. The van der Waals surface area contributed by atoms with Crippen molar-refractivity contribution in [1.82, 2.24) is 0 Å². The van der Waals surface area contributed by atoms with Gasteiger partial charge in [-0.2, -0.15) is 31.6 Å². The van der Waals surface area contributed by atoms with Crippen molar-refractivity contribution >= 4 is 58.0 Å². The number of nitrogens with zero attached hydrogens (tertiary/aromatic N) is 1. The van der Waals surface area contributed by atoms with Crippen molar-refractivity contribution in [3.05, 3.63) is 93.3 Å². The van der Waals surface area contributed by atoms with E-state index in [0.717, 1.165) is 24.3 Å². The maximum atomic E-state index is 13.4. The Morgan fingerprint density at radius 3 is 2.05 bits per heavy atom. The molecule has 0 spiro atoms. The summed E-state index contributed by atoms with van der Waals surface area (Å²) >= 11 is 18.4. The van der Waals surface area contributed by atoms with Gasteiger partial charge in [-0.1, -0.05) is 11.6 Å². The molecule has 1 fully saturated rings. The average molecular weight is 639 g/mol. The van der Waals surface area contributed by atoms with E-state index in [9.17, 15) is 40.3 Å². The van der Waals surface area contributed by atoms with Crippen LogP contribution in [0.1, 0.15) is 38.5 Å². The number of anilines is 2. The molecule has 0 radical (unpaired) electrons. The first-order valence-corrected chi connectivity index (χ1v) is 12.4. The summed E-state index contributed by atoms with van der Waals surface area (Å²) in [5.74, 6) is -5.39. The standard InChI is InChI=1S/C26H13Cl3F7N3O2/c27-18-3-2-16(9-17(18)22(40)39-19-4-1-15(30)7-12(19)10-37)38-23(41)21-20(24(21,28)29)11-5-13(25(31,32)33)8-14(6-11)26(34,35)36/h1-9,20-21H,(H,38,41)(H,39,40)/t20-,21+/m0/s1. The molecule has 1 aliphatic carbocycles. The van der Waals surface area contributed by atoms with Gasteiger partial charge in [-0.3, -0.25) is 9.59 Å².